The fourth-order valence-electron chi connectivity index (χ4n) is 4.05. The fraction of sp³-hybridized carbons (Fsp3) is 0.435. The molecule has 2 N–H and O–H groups in total. The second-order valence-corrected chi connectivity index (χ2v) is 10.3. The number of nitrogens with one attached hydrogen (secondary N) is 1. The van der Waals surface area contributed by atoms with Crippen LogP contribution in [0.15, 0.2) is 41.2 Å². The topological polar surface area (TPSA) is 138 Å². The Morgan fingerprint density at radius 2 is 2.03 bits per heavy atom. The van der Waals surface area contributed by atoms with Gasteiger partial charge in [0.15, 0.2) is 0 Å². The molecule has 4 rings (SSSR count). The van der Waals surface area contributed by atoms with E-state index in [0.29, 0.717) is 35.7 Å². The molecule has 2 atom stereocenters. The van der Waals surface area contributed by atoms with Gasteiger partial charge in [-0.05, 0) is 44.9 Å². The maximum absolute atomic E-state index is 13.0. The van der Waals surface area contributed by atoms with Crippen LogP contribution in [0.3, 0.4) is 0 Å². The Morgan fingerprint density at radius 1 is 1.29 bits per heavy atom. The van der Waals surface area contributed by atoms with E-state index in [2.05, 4.69) is 10.3 Å². The highest BCUT2D eigenvalue weighted by molar-refractivity contribution is 8.00. The van der Waals surface area contributed by atoms with Gasteiger partial charge in [-0.15, -0.1) is 11.8 Å². The Balaban J connectivity index is 1.53. The highest BCUT2D eigenvalue weighted by atomic mass is 32.2. The van der Waals surface area contributed by atoms with Gasteiger partial charge < -0.3 is 24.8 Å². The number of pyridine rings is 1. The number of carbonyl (C=O) groups is 4. The summed E-state index contributed by atoms with van der Waals surface area (Å²) in [5.41, 5.74) is 0.529. The molecule has 1 aromatic heterocycles. The molecule has 2 fully saturated rings. The van der Waals surface area contributed by atoms with Crippen LogP contribution in [0.5, 0.6) is 5.88 Å². The third-order valence-electron chi connectivity index (χ3n) is 5.59. The zero-order valence-electron chi connectivity index (χ0n) is 19.7. The van der Waals surface area contributed by atoms with Gasteiger partial charge in [-0.25, -0.2) is 14.6 Å². The zero-order valence-corrected chi connectivity index (χ0v) is 20.5. The molecule has 11 nitrogen and oxygen atoms in total. The molecule has 1 aromatic rings. The van der Waals surface area contributed by atoms with Crippen LogP contribution < -0.4 is 15.0 Å². The predicted octanol–water partition coefficient (Wildman–Crippen LogP) is 1.90. The van der Waals surface area contributed by atoms with E-state index < -0.39 is 35.0 Å². The minimum Gasteiger partial charge on any atom is -0.481 e. The maximum Gasteiger partial charge on any atom is 0.408 e. The first kappa shape index (κ1) is 24.6. The number of aromatic nitrogens is 1. The van der Waals surface area contributed by atoms with Gasteiger partial charge >= 0.3 is 12.1 Å². The lowest BCUT2D eigenvalue weighted by Crippen LogP contribution is -2.70. The van der Waals surface area contributed by atoms with Crippen molar-refractivity contribution in [2.75, 3.05) is 24.3 Å². The number of carboxylic acid groups (broad SMARTS) is 1. The zero-order chi connectivity index (χ0) is 25.5. The Bertz CT molecular complexity index is 1140. The van der Waals surface area contributed by atoms with Gasteiger partial charge in [0.2, 0.25) is 5.88 Å². The summed E-state index contributed by atoms with van der Waals surface area (Å²) in [5.74, 6) is -1.36. The first-order valence-electron chi connectivity index (χ1n) is 10.9. The number of anilines is 1. The number of amides is 3. The van der Waals surface area contributed by atoms with Crippen molar-refractivity contribution in [1.29, 1.82) is 0 Å². The van der Waals surface area contributed by atoms with Crippen LogP contribution in [-0.4, -0.2) is 75.3 Å². The first-order valence-corrected chi connectivity index (χ1v) is 12.0. The van der Waals surface area contributed by atoms with E-state index in [4.69, 9.17) is 9.47 Å². The third kappa shape index (κ3) is 4.83. The number of rotatable bonds is 5. The molecule has 0 bridgehead atoms. The Hall–Kier alpha value is -3.54. The van der Waals surface area contributed by atoms with E-state index >= 15 is 0 Å². The van der Waals surface area contributed by atoms with Crippen LogP contribution in [-0.2, 0) is 19.1 Å². The number of hydrogen-bond donors (Lipinski definition) is 2. The molecule has 186 valence electrons. The number of carboxylic acids is 1. The molecule has 0 radical (unpaired) electrons. The van der Waals surface area contributed by atoms with Crippen molar-refractivity contribution in [3.63, 3.8) is 0 Å². The highest BCUT2D eigenvalue weighted by Gasteiger charge is 2.54. The lowest BCUT2D eigenvalue weighted by Gasteiger charge is -2.49. The second-order valence-electron chi connectivity index (χ2n) is 9.15. The van der Waals surface area contributed by atoms with Gasteiger partial charge in [-0.2, -0.15) is 0 Å². The van der Waals surface area contributed by atoms with Crippen molar-refractivity contribution in [3.05, 3.63) is 41.2 Å². The van der Waals surface area contributed by atoms with Gasteiger partial charge in [0, 0.05) is 23.9 Å². The van der Waals surface area contributed by atoms with Gasteiger partial charge in [0.1, 0.15) is 22.7 Å². The Labute approximate surface area is 206 Å². The van der Waals surface area contributed by atoms with E-state index in [1.54, 1.807) is 50.1 Å². The van der Waals surface area contributed by atoms with Crippen molar-refractivity contribution in [2.24, 2.45) is 0 Å². The van der Waals surface area contributed by atoms with Crippen molar-refractivity contribution in [2.45, 2.75) is 44.2 Å². The van der Waals surface area contributed by atoms with Crippen LogP contribution in [0.1, 0.15) is 27.2 Å². The fourth-order valence-corrected chi connectivity index (χ4v) is 5.35. The number of aliphatic carboxylic acids is 1. The monoisotopic (exact) mass is 502 g/mol. The summed E-state index contributed by atoms with van der Waals surface area (Å²) in [6, 6.07) is 2.50. The van der Waals surface area contributed by atoms with Crippen LogP contribution in [0.2, 0.25) is 0 Å². The van der Waals surface area contributed by atoms with Crippen molar-refractivity contribution >= 4 is 41.3 Å². The smallest absolute Gasteiger partial charge is 0.408 e. The number of allylic oxidation sites excluding steroid dienone is 1. The van der Waals surface area contributed by atoms with Crippen LogP contribution in [0.4, 0.5) is 10.5 Å². The minimum absolute atomic E-state index is 0.175. The van der Waals surface area contributed by atoms with Gasteiger partial charge in [-0.3, -0.25) is 14.5 Å². The molecule has 0 aromatic carbocycles. The second kappa shape index (κ2) is 9.25. The van der Waals surface area contributed by atoms with E-state index in [0.717, 1.165) is 4.90 Å². The molecular formula is C23H26N4O7S. The SMILES string of the molecule is COc1ccc(N2CC/C(=C\C3=C(C(=O)O)N4C(=O)[C@@H](NC(=O)OC(C)(C)C)[C@H]4SC3)C2=O)cn1. The number of fused-ring (bicyclic) bond motifs is 1. The molecule has 35 heavy (non-hydrogen) atoms. The number of carbonyl (C=O) groups excluding carboxylic acids is 3. The van der Waals surface area contributed by atoms with Gasteiger partial charge in [0.25, 0.3) is 11.8 Å². The van der Waals surface area contributed by atoms with Crippen LogP contribution in [0.25, 0.3) is 0 Å². The lowest BCUT2D eigenvalue weighted by atomic mass is 10.0. The van der Waals surface area contributed by atoms with Crippen molar-refractivity contribution in [1.82, 2.24) is 15.2 Å². The van der Waals surface area contributed by atoms with E-state index in [1.807, 2.05) is 0 Å². The number of thioether (sulfide) groups is 1. The normalized spacial score (nSPS) is 23.3. The van der Waals surface area contributed by atoms with E-state index in [1.165, 1.54) is 18.9 Å². The quantitative estimate of drug-likeness (QED) is 0.457. The average Bonchev–Trinajstić information content (AvgIpc) is 3.15. The molecule has 12 heteroatoms. The number of hydrogen-bond acceptors (Lipinski definition) is 8. The Kier molecular flexibility index (Phi) is 6.50. The lowest BCUT2D eigenvalue weighted by molar-refractivity contribution is -0.149. The average molecular weight is 503 g/mol. The summed E-state index contributed by atoms with van der Waals surface area (Å²) in [5, 5.41) is 11.8. The van der Waals surface area contributed by atoms with E-state index in [-0.39, 0.29) is 17.4 Å². The Morgan fingerprint density at radius 3 is 2.63 bits per heavy atom. The summed E-state index contributed by atoms with van der Waals surface area (Å²) < 4.78 is 10.3. The standard InChI is InChI=1S/C23H26N4O7S/c1-23(2,3)34-22(32)25-16-19(29)27-17(21(30)31)13(11-35-20(16)27)9-12-7-8-26(18(12)28)14-5-6-15(33-4)24-10-14/h5-6,9-10,16,20H,7-8,11H2,1-4H3,(H,25,32)(H,30,31)/b12-9+/t16-,20-/m1/s1. The molecule has 3 amide bonds. The summed E-state index contributed by atoms with van der Waals surface area (Å²) in [6.07, 6.45) is 2.79. The summed E-state index contributed by atoms with van der Waals surface area (Å²) in [6.45, 7) is 5.55. The third-order valence-corrected chi connectivity index (χ3v) is 6.89. The van der Waals surface area contributed by atoms with E-state index in [9.17, 15) is 24.3 Å². The molecule has 2 saturated heterocycles. The molecule has 4 heterocycles. The molecular weight excluding hydrogens is 476 g/mol. The molecule has 3 aliphatic heterocycles. The molecule has 0 saturated carbocycles. The van der Waals surface area contributed by atoms with Crippen LogP contribution in [0, 0.1) is 0 Å². The van der Waals surface area contributed by atoms with Crippen molar-refractivity contribution in [3.8, 4) is 5.88 Å². The number of methoxy groups -OCH3 is 1. The molecule has 0 aliphatic carbocycles. The summed E-state index contributed by atoms with van der Waals surface area (Å²) in [7, 11) is 1.50. The molecule has 3 aliphatic rings. The van der Waals surface area contributed by atoms with Crippen LogP contribution >= 0.6 is 11.8 Å². The van der Waals surface area contributed by atoms with Gasteiger partial charge in [0.05, 0.1) is 19.0 Å². The molecule has 0 unspecified atom stereocenters. The number of ether oxygens (including phenoxy) is 2. The molecule has 0 spiro atoms. The summed E-state index contributed by atoms with van der Waals surface area (Å²) >= 11 is 1.32. The van der Waals surface area contributed by atoms with Gasteiger partial charge in [-0.1, -0.05) is 0 Å². The largest absolute Gasteiger partial charge is 0.481 e. The first-order chi connectivity index (χ1) is 16.5. The predicted molar refractivity (Wildman–Crippen MR) is 127 cm³/mol. The number of alkyl carbamates (subject to hydrolysis) is 1. The summed E-state index contributed by atoms with van der Waals surface area (Å²) in [4.78, 5) is 56.8. The maximum atomic E-state index is 13.0. The number of β-lactam (4-membered cyclic amide) rings is 1. The number of nitrogens with zero attached hydrogens (tertiary/aromatic N) is 3. The minimum atomic E-state index is -1.27. The van der Waals surface area contributed by atoms with Crippen molar-refractivity contribution < 1.29 is 33.8 Å². The highest BCUT2D eigenvalue weighted by Crippen LogP contribution is 2.41.